The minimum absolute atomic E-state index is 0.144. The summed E-state index contributed by atoms with van der Waals surface area (Å²) in [6.07, 6.45) is 0. The molecule has 2 N–H and O–H groups in total. The number of benzene rings is 1. The lowest BCUT2D eigenvalue weighted by molar-refractivity contribution is -0.119. The van der Waals surface area contributed by atoms with Gasteiger partial charge in [-0.05, 0) is 44.5 Å². The smallest absolute Gasteiger partial charge is 0.355 e. The molecule has 1 amide bonds. The molecule has 0 radical (unpaired) electrons. The van der Waals surface area contributed by atoms with Gasteiger partial charge in [-0.25, -0.2) is 14.0 Å². The summed E-state index contributed by atoms with van der Waals surface area (Å²) in [4.78, 5) is 38.9. The Balaban J connectivity index is 2.02. The van der Waals surface area contributed by atoms with Crippen LogP contribution in [0, 0.1) is 19.7 Å². The quantitative estimate of drug-likeness (QED) is 0.729. The summed E-state index contributed by atoms with van der Waals surface area (Å²) in [7, 11) is 0. The predicted molar refractivity (Wildman–Crippen MR) is 96.5 cm³/mol. The molecule has 27 heavy (non-hydrogen) atoms. The second kappa shape index (κ2) is 8.68. The van der Waals surface area contributed by atoms with Gasteiger partial charge < -0.3 is 19.8 Å². The van der Waals surface area contributed by atoms with Crippen LogP contribution in [0.1, 0.15) is 39.0 Å². The molecule has 0 atom stereocenters. The Bertz CT molecular complexity index is 894. The molecule has 2 aromatic rings. The van der Waals surface area contributed by atoms with Gasteiger partial charge in [-0.15, -0.1) is 0 Å². The van der Waals surface area contributed by atoms with Crippen LogP contribution in [-0.2, 0) is 14.3 Å². The molecule has 0 saturated heterocycles. The Morgan fingerprint density at radius 1 is 1.19 bits per heavy atom. The predicted octanol–water partition coefficient (Wildman–Crippen LogP) is 3.40. The van der Waals surface area contributed by atoms with Crippen LogP contribution in [0.3, 0.4) is 0 Å². The van der Waals surface area contributed by atoms with Crippen LogP contribution in [0.15, 0.2) is 18.2 Å². The average molecular weight is 397 g/mol. The molecule has 9 heteroatoms. The number of esters is 2. The number of carbonyl (C=O) groups is 3. The zero-order chi connectivity index (χ0) is 20.1. The second-order valence-corrected chi connectivity index (χ2v) is 6.01. The van der Waals surface area contributed by atoms with Gasteiger partial charge in [-0.2, -0.15) is 0 Å². The number of aromatic amines is 1. The van der Waals surface area contributed by atoms with Crippen molar-refractivity contribution in [2.24, 2.45) is 0 Å². The molecular weight excluding hydrogens is 379 g/mol. The third kappa shape index (κ3) is 4.85. The first-order valence-electron chi connectivity index (χ1n) is 8.02. The maximum absolute atomic E-state index is 13.1. The number of rotatable bonds is 6. The van der Waals surface area contributed by atoms with E-state index in [1.165, 1.54) is 12.1 Å². The van der Waals surface area contributed by atoms with E-state index in [1.807, 2.05) is 0 Å². The molecule has 1 heterocycles. The van der Waals surface area contributed by atoms with Crippen molar-refractivity contribution in [2.45, 2.75) is 20.8 Å². The van der Waals surface area contributed by atoms with Crippen molar-refractivity contribution in [2.75, 3.05) is 18.5 Å². The number of amides is 1. The Morgan fingerprint density at radius 3 is 2.52 bits per heavy atom. The van der Waals surface area contributed by atoms with Crippen LogP contribution < -0.4 is 5.32 Å². The normalized spacial score (nSPS) is 10.4. The van der Waals surface area contributed by atoms with Gasteiger partial charge in [0.25, 0.3) is 5.91 Å². The Hall–Kier alpha value is -2.87. The molecule has 2 rings (SSSR count). The number of nitrogens with one attached hydrogen (secondary N) is 2. The van der Waals surface area contributed by atoms with Gasteiger partial charge in [0.2, 0.25) is 0 Å². The van der Waals surface area contributed by atoms with Crippen molar-refractivity contribution >= 4 is 35.1 Å². The minimum atomic E-state index is -0.760. The minimum Gasteiger partial charge on any atom is -0.461 e. The van der Waals surface area contributed by atoms with E-state index in [1.54, 1.807) is 20.8 Å². The average Bonchev–Trinajstić information content (AvgIpc) is 2.91. The molecular formula is C18H18ClFN2O5. The van der Waals surface area contributed by atoms with Crippen molar-refractivity contribution in [1.29, 1.82) is 0 Å². The van der Waals surface area contributed by atoms with Crippen molar-refractivity contribution < 1.29 is 28.2 Å². The van der Waals surface area contributed by atoms with Crippen LogP contribution >= 0.6 is 11.6 Å². The highest BCUT2D eigenvalue weighted by atomic mass is 35.5. The van der Waals surface area contributed by atoms with E-state index in [2.05, 4.69) is 10.3 Å². The molecule has 0 fully saturated rings. The van der Waals surface area contributed by atoms with E-state index in [4.69, 9.17) is 21.1 Å². The Morgan fingerprint density at radius 2 is 1.89 bits per heavy atom. The van der Waals surface area contributed by atoms with Crippen molar-refractivity contribution in [3.05, 3.63) is 51.6 Å². The number of carbonyl (C=O) groups excluding carboxylic acids is 3. The maximum Gasteiger partial charge on any atom is 0.355 e. The molecule has 0 spiro atoms. The lowest BCUT2D eigenvalue weighted by atomic mass is 10.1. The summed E-state index contributed by atoms with van der Waals surface area (Å²) >= 11 is 5.64. The first kappa shape index (κ1) is 20.4. The first-order valence-corrected chi connectivity index (χ1v) is 8.40. The summed E-state index contributed by atoms with van der Waals surface area (Å²) < 4.78 is 23.0. The molecule has 1 aromatic carbocycles. The highest BCUT2D eigenvalue weighted by molar-refractivity contribution is 6.31. The number of aromatic nitrogens is 1. The second-order valence-electron chi connectivity index (χ2n) is 5.60. The summed E-state index contributed by atoms with van der Waals surface area (Å²) in [5.41, 5.74) is 1.39. The fourth-order valence-electron chi connectivity index (χ4n) is 2.44. The van der Waals surface area contributed by atoms with Crippen molar-refractivity contribution in [3.8, 4) is 0 Å². The van der Waals surface area contributed by atoms with Gasteiger partial charge in [0.05, 0.1) is 17.2 Å². The van der Waals surface area contributed by atoms with E-state index in [-0.39, 0.29) is 28.6 Å². The molecule has 7 nitrogen and oxygen atoms in total. The molecule has 0 aliphatic carbocycles. The highest BCUT2D eigenvalue weighted by Gasteiger charge is 2.24. The third-order valence-electron chi connectivity index (χ3n) is 3.66. The van der Waals surface area contributed by atoms with Crippen LogP contribution in [-0.4, -0.2) is 36.0 Å². The zero-order valence-corrected chi connectivity index (χ0v) is 15.7. The van der Waals surface area contributed by atoms with Crippen LogP contribution in [0.2, 0.25) is 5.02 Å². The lowest BCUT2D eigenvalue weighted by Gasteiger charge is -2.08. The first-order chi connectivity index (χ1) is 12.7. The standard InChI is InChI=1S/C18H18ClFN2O5/c1-4-26-18(25)16-9(2)15(10(3)21-16)17(24)27-8-14(23)22-11-5-6-13(20)12(19)7-11/h5-7,21H,4,8H2,1-3H3,(H,22,23). The Kier molecular flexibility index (Phi) is 6.57. The van der Waals surface area contributed by atoms with Gasteiger partial charge in [0.15, 0.2) is 6.61 Å². The third-order valence-corrected chi connectivity index (χ3v) is 3.95. The maximum atomic E-state index is 13.1. The number of anilines is 1. The SMILES string of the molecule is CCOC(=O)c1[nH]c(C)c(C(=O)OCC(=O)Nc2ccc(F)c(Cl)c2)c1C. The number of hydrogen-bond acceptors (Lipinski definition) is 5. The largest absolute Gasteiger partial charge is 0.461 e. The van der Waals surface area contributed by atoms with Crippen molar-refractivity contribution in [1.82, 2.24) is 4.98 Å². The van der Waals surface area contributed by atoms with Crippen LogP contribution in [0.5, 0.6) is 0 Å². The summed E-state index contributed by atoms with van der Waals surface area (Å²) in [5, 5.41) is 2.29. The number of aryl methyl sites for hydroxylation is 1. The number of hydrogen-bond donors (Lipinski definition) is 2. The number of ether oxygens (including phenoxy) is 2. The molecule has 0 saturated carbocycles. The molecule has 0 aliphatic heterocycles. The van der Waals surface area contributed by atoms with E-state index in [9.17, 15) is 18.8 Å². The summed E-state index contributed by atoms with van der Waals surface area (Å²) in [6.45, 7) is 4.49. The topological polar surface area (TPSA) is 97.5 Å². The molecule has 0 unspecified atom stereocenters. The van der Waals surface area contributed by atoms with Gasteiger partial charge in [0, 0.05) is 11.4 Å². The number of halogens is 2. The molecule has 144 valence electrons. The van der Waals surface area contributed by atoms with Crippen LogP contribution in [0.4, 0.5) is 10.1 Å². The van der Waals surface area contributed by atoms with Crippen molar-refractivity contribution in [3.63, 3.8) is 0 Å². The van der Waals surface area contributed by atoms with E-state index in [0.29, 0.717) is 11.3 Å². The van der Waals surface area contributed by atoms with Gasteiger partial charge in [0.1, 0.15) is 11.5 Å². The lowest BCUT2D eigenvalue weighted by Crippen LogP contribution is -2.21. The molecule has 1 aromatic heterocycles. The van der Waals surface area contributed by atoms with E-state index < -0.39 is 30.3 Å². The summed E-state index contributed by atoms with van der Waals surface area (Å²) in [6, 6.07) is 3.67. The van der Waals surface area contributed by atoms with E-state index in [0.717, 1.165) is 6.07 Å². The van der Waals surface area contributed by atoms with Gasteiger partial charge in [-0.1, -0.05) is 11.6 Å². The fourth-order valence-corrected chi connectivity index (χ4v) is 2.62. The zero-order valence-electron chi connectivity index (χ0n) is 14.9. The van der Waals surface area contributed by atoms with Crippen LogP contribution in [0.25, 0.3) is 0 Å². The number of H-pyrrole nitrogens is 1. The molecule has 0 bridgehead atoms. The van der Waals surface area contributed by atoms with E-state index >= 15 is 0 Å². The fraction of sp³-hybridized carbons (Fsp3) is 0.278. The summed E-state index contributed by atoms with van der Waals surface area (Å²) in [5.74, 6) is -2.58. The molecule has 0 aliphatic rings. The van der Waals surface area contributed by atoms with Gasteiger partial charge in [-0.3, -0.25) is 4.79 Å². The van der Waals surface area contributed by atoms with Gasteiger partial charge >= 0.3 is 11.9 Å². The Labute approximate surface area is 159 Å². The highest BCUT2D eigenvalue weighted by Crippen LogP contribution is 2.21. The monoisotopic (exact) mass is 396 g/mol.